The fraction of sp³-hybridized carbons (Fsp3) is 0.719. The van der Waals surface area contributed by atoms with Crippen LogP contribution in [0.2, 0.25) is 0 Å². The Labute approximate surface area is 268 Å². The fourth-order valence-corrected chi connectivity index (χ4v) is 4.79. The number of carbonyl (C=O) groups is 1. The third kappa shape index (κ3) is 20.0. The van der Waals surface area contributed by atoms with Gasteiger partial charge in [-0.1, -0.05) is 75.3 Å². The molecule has 4 N–H and O–H groups in total. The van der Waals surface area contributed by atoms with E-state index in [0.717, 1.165) is 57.8 Å². The third-order valence-corrected chi connectivity index (χ3v) is 7.18. The van der Waals surface area contributed by atoms with Crippen LogP contribution in [0.4, 0.5) is 0 Å². The zero-order chi connectivity index (χ0) is 33.3. The Bertz CT molecular complexity index is 994. The van der Waals surface area contributed by atoms with Crippen molar-refractivity contribution in [1.29, 1.82) is 0 Å². The molecule has 0 radical (unpaired) electrons. The van der Waals surface area contributed by atoms with E-state index in [1.807, 2.05) is 6.92 Å². The Morgan fingerprint density at radius 3 is 2.11 bits per heavy atom. The molecule has 0 spiro atoms. The van der Waals surface area contributed by atoms with E-state index in [2.05, 4.69) is 59.7 Å². The second-order valence-corrected chi connectivity index (χ2v) is 11.7. The number of unbranched alkanes of at least 4 members (excludes halogenated alkanes) is 4. The highest BCUT2D eigenvalue weighted by Gasteiger charge is 2.48. The van der Waals surface area contributed by atoms with Crippen molar-refractivity contribution in [2.24, 2.45) is 0 Å². The first-order valence-electron chi connectivity index (χ1n) is 15.9. The highest BCUT2D eigenvalue weighted by molar-refractivity contribution is 7.80. The van der Waals surface area contributed by atoms with Gasteiger partial charge in [0.2, 0.25) is 0 Å². The molecule has 0 amide bonds. The van der Waals surface area contributed by atoms with Crippen LogP contribution >= 0.6 is 0 Å². The number of rotatable bonds is 25. The summed E-state index contributed by atoms with van der Waals surface area (Å²) in [4.78, 5) is 12.3. The maximum atomic E-state index is 12.3. The number of aliphatic hydroxyl groups excluding tert-OH is 3. The van der Waals surface area contributed by atoms with Crippen LogP contribution in [0.25, 0.3) is 0 Å². The van der Waals surface area contributed by atoms with E-state index in [1.54, 1.807) is 0 Å². The molecule has 1 fully saturated rings. The summed E-state index contributed by atoms with van der Waals surface area (Å²) in [6, 6.07) is 0. The summed E-state index contributed by atoms with van der Waals surface area (Å²) >= 11 is 0. The highest BCUT2D eigenvalue weighted by Crippen LogP contribution is 2.25. The molecule has 0 saturated carbocycles. The molecule has 0 aliphatic carbocycles. The van der Waals surface area contributed by atoms with E-state index in [-0.39, 0.29) is 19.6 Å². The van der Waals surface area contributed by atoms with E-state index in [1.165, 1.54) is 0 Å². The summed E-state index contributed by atoms with van der Waals surface area (Å²) in [5.41, 5.74) is 0. The Morgan fingerprint density at radius 2 is 1.51 bits per heavy atom. The van der Waals surface area contributed by atoms with E-state index in [0.29, 0.717) is 13.0 Å². The number of aliphatic hydroxyl groups is 3. The minimum atomic E-state index is -5.05. The molecule has 12 nitrogen and oxygen atoms in total. The molecule has 6 atom stereocenters. The lowest BCUT2D eigenvalue weighted by Crippen LogP contribution is -2.60. The lowest BCUT2D eigenvalue weighted by molar-refractivity contribution is -0.301. The van der Waals surface area contributed by atoms with Gasteiger partial charge < -0.3 is 34.3 Å². The number of allylic oxidation sites excluding steroid dienone is 8. The van der Waals surface area contributed by atoms with Gasteiger partial charge in [-0.2, -0.15) is 8.42 Å². The van der Waals surface area contributed by atoms with Crippen LogP contribution in [-0.2, 0) is 38.3 Å². The maximum absolute atomic E-state index is 12.3. The number of ether oxygens (including phenoxy) is 4. The van der Waals surface area contributed by atoms with Crippen molar-refractivity contribution in [3.8, 4) is 0 Å². The van der Waals surface area contributed by atoms with Gasteiger partial charge >= 0.3 is 16.4 Å². The molecule has 0 bridgehead atoms. The summed E-state index contributed by atoms with van der Waals surface area (Å²) in [6.45, 7) is 3.46. The first-order valence-corrected chi connectivity index (χ1v) is 17.3. The second kappa shape index (κ2) is 25.2. The normalized spacial score (nSPS) is 23.6. The quantitative estimate of drug-likeness (QED) is 0.0477. The van der Waals surface area contributed by atoms with Crippen molar-refractivity contribution in [2.45, 2.75) is 121 Å². The molecule has 0 aromatic heterocycles. The summed E-state index contributed by atoms with van der Waals surface area (Å²) in [7, 11) is -5.05. The van der Waals surface area contributed by atoms with Crippen LogP contribution in [0.5, 0.6) is 0 Å². The van der Waals surface area contributed by atoms with Gasteiger partial charge in [0.15, 0.2) is 6.29 Å². The minimum absolute atomic E-state index is 0.00848. The van der Waals surface area contributed by atoms with E-state index in [4.69, 9.17) is 23.5 Å². The van der Waals surface area contributed by atoms with Crippen LogP contribution in [0.15, 0.2) is 48.6 Å². The summed E-state index contributed by atoms with van der Waals surface area (Å²) in [5, 5.41) is 30.2. The molecule has 13 heteroatoms. The summed E-state index contributed by atoms with van der Waals surface area (Å²) in [5.74, 6) is -0.451. The molecular weight excluding hydrogens is 608 g/mol. The molecule has 260 valence electrons. The average molecular weight is 663 g/mol. The number of hydrogen-bond donors (Lipinski definition) is 4. The van der Waals surface area contributed by atoms with Crippen molar-refractivity contribution in [1.82, 2.24) is 0 Å². The number of esters is 1. The van der Waals surface area contributed by atoms with Crippen molar-refractivity contribution in [3.63, 3.8) is 0 Å². The molecule has 45 heavy (non-hydrogen) atoms. The molecule has 1 saturated heterocycles. The molecule has 1 aliphatic rings. The van der Waals surface area contributed by atoms with Gasteiger partial charge in [-0.15, -0.1) is 0 Å². The van der Waals surface area contributed by atoms with Gasteiger partial charge in [-0.3, -0.25) is 9.35 Å². The van der Waals surface area contributed by atoms with E-state index < -0.39 is 59.8 Å². The molecule has 0 aromatic carbocycles. The maximum Gasteiger partial charge on any atom is 0.397 e. The zero-order valence-corrected chi connectivity index (χ0v) is 27.5. The highest BCUT2D eigenvalue weighted by atomic mass is 32.3. The Hall–Kier alpha value is -1.94. The van der Waals surface area contributed by atoms with Crippen molar-refractivity contribution < 1.29 is 56.2 Å². The largest absolute Gasteiger partial charge is 0.457 e. The van der Waals surface area contributed by atoms with Crippen molar-refractivity contribution in [2.75, 3.05) is 26.4 Å². The first kappa shape index (κ1) is 41.1. The molecule has 0 aromatic rings. The number of carbonyl (C=O) groups excluding carboxylic acids is 1. The molecule has 1 rings (SSSR count). The van der Waals surface area contributed by atoms with Crippen LogP contribution in [0.3, 0.4) is 0 Å². The topological polar surface area (TPSA) is 178 Å². The molecule has 1 aliphatic heterocycles. The standard InChI is InChI=1S/C32H54O12S/c1-3-5-7-8-9-10-11-12-13-14-15-16-17-18-19-20-22-40-24-26(42-28(34)21-6-4-2)25-41-32-30(36)31(44-45(37,38)39)29(35)27(23-33)43-32/h5,7,9-10,12-13,15-16,26-27,29-33,35-36H,3-4,6,8,11,14,17-25H2,1-2H3,(H,37,38,39)/b7-5-,10-9-,13-12-,16-15-. The fourth-order valence-electron chi connectivity index (χ4n) is 4.28. The Morgan fingerprint density at radius 1 is 0.867 bits per heavy atom. The SMILES string of the molecule is CC/C=C\C/C=C\C/C=C\C/C=C\CCCCCOCC(COC1OC(CO)C(O)C(OS(=O)(=O)O)C1O)OC(=O)CCCC. The lowest BCUT2D eigenvalue weighted by Gasteiger charge is -2.41. The lowest BCUT2D eigenvalue weighted by atomic mass is 9.99. The zero-order valence-electron chi connectivity index (χ0n) is 26.7. The van der Waals surface area contributed by atoms with Gasteiger partial charge in [-0.05, 0) is 51.4 Å². The Kier molecular flexibility index (Phi) is 23.0. The smallest absolute Gasteiger partial charge is 0.397 e. The third-order valence-electron chi connectivity index (χ3n) is 6.72. The van der Waals surface area contributed by atoms with Crippen molar-refractivity contribution >= 4 is 16.4 Å². The molecular formula is C32H54O12S. The minimum Gasteiger partial charge on any atom is -0.457 e. The van der Waals surface area contributed by atoms with Crippen LogP contribution in [0.1, 0.15) is 84.5 Å². The van der Waals surface area contributed by atoms with Crippen LogP contribution < -0.4 is 0 Å². The van der Waals surface area contributed by atoms with E-state index >= 15 is 0 Å². The molecule has 1 heterocycles. The average Bonchev–Trinajstić information content (AvgIpc) is 3.00. The van der Waals surface area contributed by atoms with E-state index in [9.17, 15) is 28.5 Å². The number of hydrogen-bond acceptors (Lipinski definition) is 11. The Balaban J connectivity index is 2.43. The van der Waals surface area contributed by atoms with Gasteiger partial charge in [0.05, 0.1) is 19.8 Å². The predicted molar refractivity (Wildman–Crippen MR) is 170 cm³/mol. The summed E-state index contributed by atoms with van der Waals surface area (Å²) < 4.78 is 57.9. The summed E-state index contributed by atoms with van der Waals surface area (Å²) in [6.07, 6.45) is 17.3. The van der Waals surface area contributed by atoms with Crippen LogP contribution in [0, 0.1) is 0 Å². The van der Waals surface area contributed by atoms with Gasteiger partial charge in [-0.25, -0.2) is 4.18 Å². The van der Waals surface area contributed by atoms with Crippen molar-refractivity contribution in [3.05, 3.63) is 48.6 Å². The van der Waals surface area contributed by atoms with Gasteiger partial charge in [0, 0.05) is 13.0 Å². The van der Waals surface area contributed by atoms with Gasteiger partial charge in [0.1, 0.15) is 30.5 Å². The first-order chi connectivity index (χ1) is 21.6. The molecule has 6 unspecified atom stereocenters. The monoisotopic (exact) mass is 662 g/mol. The van der Waals surface area contributed by atoms with Crippen LogP contribution in [-0.4, -0.2) is 97.5 Å². The second-order valence-electron chi connectivity index (χ2n) is 10.7. The van der Waals surface area contributed by atoms with Gasteiger partial charge in [0.25, 0.3) is 0 Å². The predicted octanol–water partition coefficient (Wildman–Crippen LogP) is 4.11.